The molecule has 0 spiro atoms. The standard InChI is InChI=1S/C22H19N3O2/c1-26-16-10-6-14(7-11-16)20-21(15-8-12-17(27-2)13-9-15)25-22-18(23)4-3-5-19(22)24-20/h3-13H,23H2,1-2H3. The van der Waals surface area contributed by atoms with Crippen molar-refractivity contribution in [3.63, 3.8) is 0 Å². The number of methoxy groups -OCH3 is 2. The Morgan fingerprint density at radius 3 is 1.70 bits per heavy atom. The largest absolute Gasteiger partial charge is 0.497 e. The summed E-state index contributed by atoms with van der Waals surface area (Å²) in [7, 11) is 3.30. The highest BCUT2D eigenvalue weighted by Crippen LogP contribution is 2.33. The molecule has 5 nitrogen and oxygen atoms in total. The van der Waals surface area contributed by atoms with Crippen LogP contribution in [0.4, 0.5) is 5.69 Å². The van der Waals surface area contributed by atoms with Crippen LogP contribution in [0.1, 0.15) is 0 Å². The number of para-hydroxylation sites is 1. The number of nitrogen functional groups attached to an aromatic ring is 1. The van der Waals surface area contributed by atoms with E-state index in [-0.39, 0.29) is 0 Å². The van der Waals surface area contributed by atoms with Gasteiger partial charge in [0.05, 0.1) is 36.8 Å². The number of hydrogen-bond acceptors (Lipinski definition) is 5. The molecule has 0 unspecified atom stereocenters. The maximum atomic E-state index is 6.14. The summed E-state index contributed by atoms with van der Waals surface area (Å²) in [5.74, 6) is 1.58. The van der Waals surface area contributed by atoms with Crippen LogP contribution in [-0.4, -0.2) is 24.2 Å². The predicted molar refractivity (Wildman–Crippen MR) is 108 cm³/mol. The minimum absolute atomic E-state index is 0.607. The van der Waals surface area contributed by atoms with Crippen molar-refractivity contribution in [2.24, 2.45) is 0 Å². The van der Waals surface area contributed by atoms with Crippen molar-refractivity contribution in [2.45, 2.75) is 0 Å². The second kappa shape index (κ2) is 6.96. The summed E-state index contributed by atoms with van der Waals surface area (Å²) in [5.41, 5.74) is 11.7. The fourth-order valence-electron chi connectivity index (χ4n) is 3.00. The number of fused-ring (bicyclic) bond motifs is 1. The van der Waals surface area contributed by atoms with Gasteiger partial charge in [-0.2, -0.15) is 0 Å². The quantitative estimate of drug-likeness (QED) is 0.542. The fraction of sp³-hybridized carbons (Fsp3) is 0.0909. The van der Waals surface area contributed by atoms with Gasteiger partial charge in [-0.1, -0.05) is 6.07 Å². The average molecular weight is 357 g/mol. The first-order chi connectivity index (χ1) is 13.2. The van der Waals surface area contributed by atoms with Crippen LogP contribution in [0.25, 0.3) is 33.5 Å². The molecule has 2 N–H and O–H groups in total. The van der Waals surface area contributed by atoms with Gasteiger partial charge in [0.15, 0.2) is 0 Å². The molecule has 27 heavy (non-hydrogen) atoms. The predicted octanol–water partition coefficient (Wildman–Crippen LogP) is 4.56. The smallest absolute Gasteiger partial charge is 0.118 e. The number of nitrogens with two attached hydrogens (primary N) is 1. The number of aromatic nitrogens is 2. The topological polar surface area (TPSA) is 70.3 Å². The van der Waals surface area contributed by atoms with Crippen LogP contribution in [0.5, 0.6) is 11.5 Å². The number of anilines is 1. The van der Waals surface area contributed by atoms with Crippen molar-refractivity contribution in [3.8, 4) is 34.0 Å². The summed E-state index contributed by atoms with van der Waals surface area (Å²) in [4.78, 5) is 9.73. The van der Waals surface area contributed by atoms with Gasteiger partial charge in [-0.25, -0.2) is 9.97 Å². The Morgan fingerprint density at radius 2 is 1.19 bits per heavy atom. The Balaban J connectivity index is 1.96. The third-order valence-electron chi connectivity index (χ3n) is 4.45. The highest BCUT2D eigenvalue weighted by Gasteiger charge is 2.14. The zero-order valence-corrected chi connectivity index (χ0v) is 15.1. The van der Waals surface area contributed by atoms with Crippen LogP contribution in [-0.2, 0) is 0 Å². The number of rotatable bonds is 4. The second-order valence-electron chi connectivity index (χ2n) is 6.09. The van der Waals surface area contributed by atoms with Gasteiger partial charge in [0.2, 0.25) is 0 Å². The van der Waals surface area contributed by atoms with Crippen LogP contribution in [0.2, 0.25) is 0 Å². The van der Waals surface area contributed by atoms with E-state index in [0.29, 0.717) is 11.2 Å². The molecule has 0 radical (unpaired) electrons. The van der Waals surface area contributed by atoms with E-state index in [0.717, 1.165) is 39.5 Å². The van der Waals surface area contributed by atoms with Crippen molar-refractivity contribution in [1.82, 2.24) is 9.97 Å². The number of hydrogen-bond donors (Lipinski definition) is 1. The van der Waals surface area contributed by atoms with Gasteiger partial charge in [0.25, 0.3) is 0 Å². The lowest BCUT2D eigenvalue weighted by molar-refractivity contribution is 0.414. The highest BCUT2D eigenvalue weighted by molar-refractivity contribution is 5.92. The zero-order chi connectivity index (χ0) is 18.8. The van der Waals surface area contributed by atoms with Gasteiger partial charge in [-0.05, 0) is 60.7 Å². The normalized spacial score (nSPS) is 10.7. The Labute approximate surface area is 157 Å². The maximum absolute atomic E-state index is 6.14. The molecule has 134 valence electrons. The molecule has 3 aromatic carbocycles. The van der Waals surface area contributed by atoms with Crippen molar-refractivity contribution in [2.75, 3.05) is 20.0 Å². The fourth-order valence-corrected chi connectivity index (χ4v) is 3.00. The van der Waals surface area contributed by atoms with Crippen molar-refractivity contribution in [3.05, 3.63) is 66.7 Å². The first-order valence-corrected chi connectivity index (χ1v) is 8.54. The van der Waals surface area contributed by atoms with Crippen LogP contribution in [0, 0.1) is 0 Å². The second-order valence-corrected chi connectivity index (χ2v) is 6.09. The number of nitrogens with zero attached hydrogens (tertiary/aromatic N) is 2. The molecular formula is C22H19N3O2. The van der Waals surface area contributed by atoms with E-state index < -0.39 is 0 Å². The van der Waals surface area contributed by atoms with Crippen molar-refractivity contribution in [1.29, 1.82) is 0 Å². The van der Waals surface area contributed by atoms with Crippen LogP contribution in [0.3, 0.4) is 0 Å². The molecule has 0 aliphatic rings. The molecule has 4 rings (SSSR count). The third-order valence-corrected chi connectivity index (χ3v) is 4.45. The monoisotopic (exact) mass is 357 g/mol. The van der Waals surface area contributed by atoms with Gasteiger partial charge < -0.3 is 15.2 Å². The minimum Gasteiger partial charge on any atom is -0.497 e. The van der Waals surface area contributed by atoms with Gasteiger partial charge in [0.1, 0.15) is 17.0 Å². The zero-order valence-electron chi connectivity index (χ0n) is 15.1. The van der Waals surface area contributed by atoms with Gasteiger partial charge in [0, 0.05) is 11.1 Å². The Hall–Kier alpha value is -3.60. The molecule has 4 aromatic rings. The number of ether oxygens (including phenoxy) is 2. The first kappa shape index (κ1) is 16.8. The molecule has 1 aromatic heterocycles. The van der Waals surface area contributed by atoms with Crippen molar-refractivity contribution >= 4 is 16.7 Å². The minimum atomic E-state index is 0.607. The average Bonchev–Trinajstić information content (AvgIpc) is 2.73. The SMILES string of the molecule is COc1ccc(-c2nc3cccc(N)c3nc2-c2ccc(OC)cc2)cc1. The Bertz CT molecular complexity index is 1090. The Kier molecular flexibility index (Phi) is 4.34. The molecule has 0 saturated heterocycles. The lowest BCUT2D eigenvalue weighted by atomic mass is 10.0. The lowest BCUT2D eigenvalue weighted by Crippen LogP contribution is -1.98. The summed E-state index contributed by atoms with van der Waals surface area (Å²) >= 11 is 0. The molecular weight excluding hydrogens is 338 g/mol. The van der Waals surface area contributed by atoms with E-state index >= 15 is 0 Å². The van der Waals surface area contributed by atoms with E-state index in [1.807, 2.05) is 66.7 Å². The van der Waals surface area contributed by atoms with Crippen molar-refractivity contribution < 1.29 is 9.47 Å². The van der Waals surface area contributed by atoms with E-state index in [1.165, 1.54) is 0 Å². The Morgan fingerprint density at radius 1 is 0.667 bits per heavy atom. The molecule has 0 bridgehead atoms. The molecule has 5 heteroatoms. The van der Waals surface area contributed by atoms with Crippen LogP contribution < -0.4 is 15.2 Å². The molecule has 1 heterocycles. The van der Waals surface area contributed by atoms with Gasteiger partial charge in [-0.15, -0.1) is 0 Å². The molecule has 0 atom stereocenters. The molecule has 0 saturated carbocycles. The summed E-state index contributed by atoms with van der Waals surface area (Å²) in [5, 5.41) is 0. The molecule has 0 fully saturated rings. The molecule has 0 aliphatic carbocycles. The molecule has 0 amide bonds. The first-order valence-electron chi connectivity index (χ1n) is 8.54. The van der Waals surface area contributed by atoms with Crippen LogP contribution >= 0.6 is 0 Å². The van der Waals surface area contributed by atoms with E-state index in [9.17, 15) is 0 Å². The summed E-state index contributed by atoms with van der Waals surface area (Å²) in [6, 6.07) is 21.2. The van der Waals surface area contributed by atoms with Gasteiger partial charge in [-0.3, -0.25) is 0 Å². The highest BCUT2D eigenvalue weighted by atomic mass is 16.5. The van der Waals surface area contributed by atoms with E-state index in [2.05, 4.69) is 0 Å². The molecule has 0 aliphatic heterocycles. The lowest BCUT2D eigenvalue weighted by Gasteiger charge is -2.12. The number of benzene rings is 3. The summed E-state index contributed by atoms with van der Waals surface area (Å²) in [6.07, 6.45) is 0. The third kappa shape index (κ3) is 3.15. The summed E-state index contributed by atoms with van der Waals surface area (Å²) in [6.45, 7) is 0. The van der Waals surface area contributed by atoms with Crippen LogP contribution in [0.15, 0.2) is 66.7 Å². The van der Waals surface area contributed by atoms with E-state index in [1.54, 1.807) is 14.2 Å². The van der Waals surface area contributed by atoms with Gasteiger partial charge >= 0.3 is 0 Å². The van der Waals surface area contributed by atoms with E-state index in [4.69, 9.17) is 25.2 Å². The summed E-state index contributed by atoms with van der Waals surface area (Å²) < 4.78 is 10.5. The maximum Gasteiger partial charge on any atom is 0.118 e.